The first-order chi connectivity index (χ1) is 9.08. The number of aryl methyl sites for hydroxylation is 1. The average molecular weight is 283 g/mol. The summed E-state index contributed by atoms with van der Waals surface area (Å²) in [5, 5.41) is 6.39. The van der Waals surface area contributed by atoms with Gasteiger partial charge in [-0.15, -0.1) is 0 Å². The fourth-order valence-electron chi connectivity index (χ4n) is 1.37. The number of halogens is 1. The van der Waals surface area contributed by atoms with Gasteiger partial charge in [0.1, 0.15) is 11.0 Å². The molecule has 0 radical (unpaired) electrons. The van der Waals surface area contributed by atoms with E-state index in [9.17, 15) is 4.79 Å². The van der Waals surface area contributed by atoms with Gasteiger partial charge in [0.15, 0.2) is 5.82 Å². The molecule has 0 aliphatic carbocycles. The summed E-state index contributed by atoms with van der Waals surface area (Å²) < 4.78 is 4.87. The summed E-state index contributed by atoms with van der Waals surface area (Å²) in [5.41, 5.74) is 2.65. The molecular formula is C10H11ClN6O2. The molecule has 19 heavy (non-hydrogen) atoms. The Hall–Kier alpha value is -2.19. The van der Waals surface area contributed by atoms with E-state index in [-0.39, 0.29) is 17.6 Å². The number of hydrogen-bond acceptors (Lipinski definition) is 7. The summed E-state index contributed by atoms with van der Waals surface area (Å²) in [4.78, 5) is 19.7. The lowest BCUT2D eigenvalue weighted by Crippen LogP contribution is -2.23. The predicted octanol–water partition coefficient (Wildman–Crippen LogP) is 0.642. The minimum Gasteiger partial charge on any atom is -0.343 e. The van der Waals surface area contributed by atoms with Gasteiger partial charge < -0.3 is 15.3 Å². The Morgan fingerprint density at radius 2 is 2.26 bits per heavy atom. The monoisotopic (exact) mass is 282 g/mol. The van der Waals surface area contributed by atoms with Crippen molar-refractivity contribution in [2.75, 3.05) is 5.43 Å². The highest BCUT2D eigenvalue weighted by molar-refractivity contribution is 6.29. The van der Waals surface area contributed by atoms with Crippen molar-refractivity contribution in [3.05, 3.63) is 34.6 Å². The van der Waals surface area contributed by atoms with Crippen LogP contribution in [0.3, 0.4) is 0 Å². The molecule has 2 aromatic heterocycles. The fourth-order valence-corrected chi connectivity index (χ4v) is 1.58. The highest BCUT2D eigenvalue weighted by atomic mass is 35.5. The Morgan fingerprint density at radius 3 is 2.89 bits per heavy atom. The maximum atomic E-state index is 11.9. The van der Waals surface area contributed by atoms with Gasteiger partial charge in [-0.05, 0) is 19.1 Å². The lowest BCUT2D eigenvalue weighted by molar-refractivity contribution is 0.0946. The van der Waals surface area contributed by atoms with Crippen molar-refractivity contribution in [2.24, 2.45) is 5.84 Å². The molecular weight excluding hydrogens is 272 g/mol. The molecule has 0 aliphatic heterocycles. The first-order valence-corrected chi connectivity index (χ1v) is 5.68. The molecule has 4 N–H and O–H groups in total. The van der Waals surface area contributed by atoms with E-state index in [1.54, 1.807) is 6.92 Å². The zero-order chi connectivity index (χ0) is 13.8. The molecule has 9 heteroatoms. The SMILES string of the molecule is Cc1noc(CNC(=O)c2cc(Cl)nc(NN)c2)n1. The van der Waals surface area contributed by atoms with Gasteiger partial charge in [0.2, 0.25) is 5.89 Å². The first kappa shape index (κ1) is 13.2. The summed E-state index contributed by atoms with van der Waals surface area (Å²) in [6.45, 7) is 1.82. The molecule has 0 fully saturated rings. The second-order valence-corrected chi connectivity index (χ2v) is 4.01. The third kappa shape index (κ3) is 3.39. The number of hydrazine groups is 1. The molecule has 0 saturated heterocycles. The van der Waals surface area contributed by atoms with Gasteiger partial charge >= 0.3 is 0 Å². The number of anilines is 1. The number of nitrogens with one attached hydrogen (secondary N) is 2. The molecule has 0 atom stereocenters. The van der Waals surface area contributed by atoms with Crippen LogP contribution in [0.5, 0.6) is 0 Å². The number of aromatic nitrogens is 3. The van der Waals surface area contributed by atoms with E-state index in [2.05, 4.69) is 25.9 Å². The first-order valence-electron chi connectivity index (χ1n) is 5.30. The normalized spacial score (nSPS) is 10.3. The lowest BCUT2D eigenvalue weighted by Gasteiger charge is -2.05. The third-order valence-corrected chi connectivity index (χ3v) is 2.37. The van der Waals surface area contributed by atoms with Gasteiger partial charge in [-0.25, -0.2) is 10.8 Å². The summed E-state index contributed by atoms with van der Waals surface area (Å²) in [6.07, 6.45) is 0. The number of carbonyl (C=O) groups is 1. The Bertz CT molecular complexity index is 599. The fraction of sp³-hybridized carbons (Fsp3) is 0.200. The number of carbonyl (C=O) groups excluding carboxylic acids is 1. The molecule has 0 bridgehead atoms. The van der Waals surface area contributed by atoms with Crippen LogP contribution in [0.25, 0.3) is 0 Å². The Kier molecular flexibility index (Phi) is 3.93. The molecule has 0 unspecified atom stereocenters. The number of nitrogen functional groups attached to an aromatic ring is 1. The molecule has 0 saturated carbocycles. The maximum Gasteiger partial charge on any atom is 0.251 e. The zero-order valence-corrected chi connectivity index (χ0v) is 10.7. The molecule has 1 amide bonds. The maximum absolute atomic E-state index is 11.9. The molecule has 2 heterocycles. The van der Waals surface area contributed by atoms with Crippen molar-refractivity contribution in [2.45, 2.75) is 13.5 Å². The predicted molar refractivity (Wildman–Crippen MR) is 67.3 cm³/mol. The topological polar surface area (TPSA) is 119 Å². The van der Waals surface area contributed by atoms with Gasteiger partial charge in [0.25, 0.3) is 5.91 Å². The number of hydrogen-bond donors (Lipinski definition) is 3. The second kappa shape index (κ2) is 5.63. The number of nitrogens with zero attached hydrogens (tertiary/aromatic N) is 3. The van der Waals surface area contributed by atoms with Crippen molar-refractivity contribution < 1.29 is 9.32 Å². The van der Waals surface area contributed by atoms with Crippen LogP contribution in [-0.2, 0) is 6.54 Å². The Balaban J connectivity index is 2.05. The standard InChI is InChI=1S/C10H11ClN6O2/c1-5-14-9(19-17-5)4-13-10(18)6-2-7(11)15-8(3-6)16-12/h2-3H,4,12H2,1H3,(H,13,18)(H,15,16). The summed E-state index contributed by atoms with van der Waals surface area (Å²) in [5.74, 6) is 5.99. The van der Waals surface area contributed by atoms with Crippen molar-refractivity contribution in [1.82, 2.24) is 20.4 Å². The van der Waals surface area contributed by atoms with Gasteiger partial charge in [-0.2, -0.15) is 4.98 Å². The molecule has 100 valence electrons. The third-order valence-electron chi connectivity index (χ3n) is 2.17. The van der Waals surface area contributed by atoms with E-state index in [0.29, 0.717) is 23.1 Å². The average Bonchev–Trinajstić information content (AvgIpc) is 2.81. The van der Waals surface area contributed by atoms with Crippen LogP contribution in [0.1, 0.15) is 22.1 Å². The lowest BCUT2D eigenvalue weighted by atomic mass is 10.2. The van der Waals surface area contributed by atoms with Gasteiger partial charge in [0, 0.05) is 5.56 Å². The van der Waals surface area contributed by atoms with Crippen molar-refractivity contribution in [1.29, 1.82) is 0 Å². The van der Waals surface area contributed by atoms with Crippen LogP contribution in [0, 0.1) is 6.92 Å². The van der Waals surface area contributed by atoms with E-state index in [4.69, 9.17) is 22.0 Å². The number of pyridine rings is 1. The number of nitrogens with two attached hydrogens (primary N) is 1. The number of rotatable bonds is 4. The minimum atomic E-state index is -0.350. The van der Waals surface area contributed by atoms with Crippen LogP contribution in [0.4, 0.5) is 5.82 Å². The molecule has 2 rings (SSSR count). The van der Waals surface area contributed by atoms with Crippen LogP contribution in [-0.4, -0.2) is 21.0 Å². The molecule has 2 aromatic rings. The quantitative estimate of drug-likeness (QED) is 0.428. The summed E-state index contributed by atoms with van der Waals surface area (Å²) >= 11 is 5.77. The van der Waals surface area contributed by atoms with Crippen molar-refractivity contribution >= 4 is 23.3 Å². The minimum absolute atomic E-state index is 0.130. The molecule has 0 spiro atoms. The van der Waals surface area contributed by atoms with E-state index in [0.717, 1.165) is 0 Å². The van der Waals surface area contributed by atoms with Crippen LogP contribution >= 0.6 is 11.6 Å². The Labute approximate surface area is 113 Å². The van der Waals surface area contributed by atoms with Crippen molar-refractivity contribution in [3.63, 3.8) is 0 Å². The van der Waals surface area contributed by atoms with Gasteiger partial charge in [-0.1, -0.05) is 16.8 Å². The van der Waals surface area contributed by atoms with E-state index < -0.39 is 0 Å². The van der Waals surface area contributed by atoms with Crippen LogP contribution < -0.4 is 16.6 Å². The highest BCUT2D eigenvalue weighted by Crippen LogP contribution is 2.13. The molecule has 0 aliphatic rings. The summed E-state index contributed by atoms with van der Waals surface area (Å²) in [7, 11) is 0. The van der Waals surface area contributed by atoms with Crippen LogP contribution in [0.15, 0.2) is 16.7 Å². The van der Waals surface area contributed by atoms with E-state index in [1.807, 2.05) is 0 Å². The van der Waals surface area contributed by atoms with Gasteiger partial charge in [-0.3, -0.25) is 4.79 Å². The smallest absolute Gasteiger partial charge is 0.251 e. The van der Waals surface area contributed by atoms with Crippen LogP contribution in [0.2, 0.25) is 5.15 Å². The molecule has 8 nitrogen and oxygen atoms in total. The van der Waals surface area contributed by atoms with E-state index >= 15 is 0 Å². The Morgan fingerprint density at radius 1 is 1.47 bits per heavy atom. The zero-order valence-electron chi connectivity index (χ0n) is 9.98. The highest BCUT2D eigenvalue weighted by Gasteiger charge is 2.10. The number of amides is 1. The molecule has 0 aromatic carbocycles. The second-order valence-electron chi connectivity index (χ2n) is 3.63. The van der Waals surface area contributed by atoms with Gasteiger partial charge in [0.05, 0.1) is 6.54 Å². The van der Waals surface area contributed by atoms with Crippen molar-refractivity contribution in [3.8, 4) is 0 Å². The summed E-state index contributed by atoms with van der Waals surface area (Å²) in [6, 6.07) is 2.90. The van der Waals surface area contributed by atoms with E-state index in [1.165, 1.54) is 12.1 Å². The largest absolute Gasteiger partial charge is 0.343 e.